The molecule has 26 heavy (non-hydrogen) atoms. The third-order valence-corrected chi connectivity index (χ3v) is 3.56. The molecule has 0 saturated carbocycles. The van der Waals surface area contributed by atoms with E-state index in [9.17, 15) is 4.79 Å². The van der Waals surface area contributed by atoms with E-state index in [4.69, 9.17) is 5.73 Å². The van der Waals surface area contributed by atoms with Crippen LogP contribution in [0, 0.1) is 0 Å². The topological polar surface area (TPSA) is 72.4 Å². The summed E-state index contributed by atoms with van der Waals surface area (Å²) in [6.07, 6.45) is 4.42. The normalized spacial score (nSPS) is 9.58. The molecule has 2 heterocycles. The maximum atomic E-state index is 11.6. The number of aromatic nitrogens is 2. The van der Waals surface area contributed by atoms with Crippen LogP contribution in [0.1, 0.15) is 51.4 Å². The second-order valence-corrected chi connectivity index (χ2v) is 5.15. The first-order valence-corrected chi connectivity index (χ1v) is 9.31. The number of benzene rings is 1. The zero-order valence-electron chi connectivity index (χ0n) is 16.4. The fourth-order valence-corrected chi connectivity index (χ4v) is 2.47. The quantitative estimate of drug-likeness (QED) is 0.679. The summed E-state index contributed by atoms with van der Waals surface area (Å²) in [5.74, 6) is -0.476. The maximum absolute atomic E-state index is 11.6. The fourth-order valence-electron chi connectivity index (χ4n) is 2.47. The summed E-state index contributed by atoms with van der Waals surface area (Å²) >= 11 is 0. The molecule has 0 fully saturated rings. The molecule has 0 radical (unpaired) electrons. The Kier molecular flexibility index (Phi) is 8.92. The summed E-state index contributed by atoms with van der Waals surface area (Å²) in [5.41, 5.74) is 9.63. The Balaban J connectivity index is 0.000000791. The minimum absolute atomic E-state index is 0.415. The molecule has 0 bridgehead atoms. The van der Waals surface area contributed by atoms with Crippen molar-refractivity contribution in [2.24, 2.45) is 5.73 Å². The first-order chi connectivity index (χ1) is 12.7. The molecule has 140 valence electrons. The Hall–Kier alpha value is -2.82. The Bertz CT molecular complexity index is 809. The second-order valence-electron chi connectivity index (χ2n) is 5.15. The lowest BCUT2D eigenvalue weighted by molar-refractivity contribution is 0.100. The molecule has 3 aromatic rings. The van der Waals surface area contributed by atoms with Crippen LogP contribution in [0.4, 0.5) is 5.69 Å². The monoisotopic (exact) mass is 354 g/mol. The molecule has 3 rings (SSSR count). The van der Waals surface area contributed by atoms with Gasteiger partial charge >= 0.3 is 0 Å². The summed E-state index contributed by atoms with van der Waals surface area (Å²) in [4.78, 5) is 11.6. The number of carbonyl (C=O) groups is 1. The van der Waals surface area contributed by atoms with Crippen LogP contribution in [0.15, 0.2) is 48.8 Å². The van der Waals surface area contributed by atoms with Gasteiger partial charge in [0.2, 0.25) is 0 Å². The predicted octanol–water partition coefficient (Wildman–Crippen LogP) is 4.97. The van der Waals surface area contributed by atoms with Gasteiger partial charge in [-0.2, -0.15) is 5.10 Å². The van der Waals surface area contributed by atoms with Gasteiger partial charge in [0.25, 0.3) is 5.91 Å². The Morgan fingerprint density at radius 2 is 1.77 bits per heavy atom. The van der Waals surface area contributed by atoms with E-state index in [1.54, 1.807) is 4.52 Å². The first kappa shape index (κ1) is 21.2. The lowest BCUT2D eigenvalue weighted by atomic mass is 10.1. The summed E-state index contributed by atoms with van der Waals surface area (Å²) in [6, 6.07) is 12.1. The van der Waals surface area contributed by atoms with Crippen LogP contribution in [-0.2, 0) is 0 Å². The van der Waals surface area contributed by atoms with Crippen LogP contribution >= 0.6 is 0 Å². The first-order valence-electron chi connectivity index (χ1n) is 9.31. The number of hydrogen-bond donors (Lipinski definition) is 2. The molecule has 3 N–H and O–H groups in total. The van der Waals surface area contributed by atoms with Crippen molar-refractivity contribution in [3.05, 3.63) is 54.4 Å². The van der Waals surface area contributed by atoms with Crippen molar-refractivity contribution in [3.63, 3.8) is 0 Å². The van der Waals surface area contributed by atoms with Gasteiger partial charge in [-0.1, -0.05) is 65.0 Å². The van der Waals surface area contributed by atoms with Crippen LogP contribution in [0.25, 0.3) is 16.6 Å². The van der Waals surface area contributed by atoms with Gasteiger partial charge in [0.05, 0.1) is 23.0 Å². The van der Waals surface area contributed by atoms with E-state index >= 15 is 0 Å². The summed E-state index contributed by atoms with van der Waals surface area (Å²) in [6.45, 7) is 10.8. The Morgan fingerprint density at radius 3 is 2.35 bits per heavy atom. The average Bonchev–Trinajstić information content (AvgIpc) is 3.14. The van der Waals surface area contributed by atoms with Crippen LogP contribution in [0.2, 0.25) is 0 Å². The highest BCUT2D eigenvalue weighted by molar-refractivity contribution is 6.02. The van der Waals surface area contributed by atoms with Gasteiger partial charge in [-0.05, 0) is 18.1 Å². The Labute approximate surface area is 156 Å². The van der Waals surface area contributed by atoms with Crippen molar-refractivity contribution in [2.45, 2.75) is 41.0 Å². The fraction of sp³-hybridized carbons (Fsp3) is 0.333. The molecule has 0 saturated heterocycles. The van der Waals surface area contributed by atoms with E-state index in [-0.39, 0.29) is 0 Å². The zero-order valence-corrected chi connectivity index (χ0v) is 16.4. The number of nitrogens with two attached hydrogens (primary N) is 1. The molecule has 0 aliphatic carbocycles. The van der Waals surface area contributed by atoms with Crippen molar-refractivity contribution in [3.8, 4) is 11.1 Å². The maximum Gasteiger partial charge on any atom is 0.252 e. The molecular formula is C21H30N4O. The number of nitrogens with zero attached hydrogens (tertiary/aromatic N) is 2. The predicted molar refractivity (Wildman–Crippen MR) is 111 cm³/mol. The number of primary amides is 1. The average molecular weight is 354 g/mol. The minimum atomic E-state index is -0.476. The largest absolute Gasteiger partial charge is 0.383 e. The van der Waals surface area contributed by atoms with Gasteiger partial charge < -0.3 is 11.1 Å². The van der Waals surface area contributed by atoms with Gasteiger partial charge in [-0.3, -0.25) is 4.79 Å². The van der Waals surface area contributed by atoms with Gasteiger partial charge in [0.15, 0.2) is 0 Å². The third kappa shape index (κ3) is 4.85. The van der Waals surface area contributed by atoms with Crippen LogP contribution in [0.5, 0.6) is 0 Å². The van der Waals surface area contributed by atoms with Gasteiger partial charge in [0, 0.05) is 18.3 Å². The van der Waals surface area contributed by atoms with Crippen LogP contribution < -0.4 is 11.1 Å². The molecule has 1 amide bonds. The minimum Gasteiger partial charge on any atom is -0.383 e. The van der Waals surface area contributed by atoms with Crippen molar-refractivity contribution in [2.75, 3.05) is 11.9 Å². The molecular weight excluding hydrogens is 324 g/mol. The number of fused-ring (bicyclic) bond motifs is 1. The van der Waals surface area contributed by atoms with Gasteiger partial charge in [-0.15, -0.1) is 0 Å². The Morgan fingerprint density at radius 1 is 1.12 bits per heavy atom. The smallest absolute Gasteiger partial charge is 0.252 e. The highest BCUT2D eigenvalue weighted by Gasteiger charge is 2.14. The van der Waals surface area contributed by atoms with E-state index in [2.05, 4.69) is 17.3 Å². The molecule has 1 aromatic carbocycles. The van der Waals surface area contributed by atoms with E-state index in [1.807, 2.05) is 70.3 Å². The highest BCUT2D eigenvalue weighted by atomic mass is 16.1. The summed E-state index contributed by atoms with van der Waals surface area (Å²) in [5, 5.41) is 7.58. The third-order valence-electron chi connectivity index (χ3n) is 3.56. The molecule has 0 aliphatic rings. The SMILES string of the molecule is CC.CC.CCCNc1c(C(N)=O)cnn2cc(-c3ccccc3)cc12. The molecule has 0 aliphatic heterocycles. The molecule has 0 spiro atoms. The van der Waals surface area contributed by atoms with Crippen molar-refractivity contribution in [1.82, 2.24) is 9.61 Å². The lowest BCUT2D eigenvalue weighted by Crippen LogP contribution is -2.16. The molecule has 5 heteroatoms. The number of rotatable bonds is 5. The van der Waals surface area contributed by atoms with Crippen molar-refractivity contribution < 1.29 is 4.79 Å². The standard InChI is InChI=1S/C17H18N4O.2C2H6/c1-2-8-19-16-14(17(18)22)10-20-21-11-13(9-15(16)21)12-6-4-3-5-7-12;2*1-2/h3-7,9-11,19H,2,8H2,1H3,(H2,18,22);2*1-2H3. The van der Waals surface area contributed by atoms with Gasteiger partial charge in [0.1, 0.15) is 0 Å². The van der Waals surface area contributed by atoms with E-state index < -0.39 is 5.91 Å². The molecule has 0 atom stereocenters. The number of hydrogen-bond acceptors (Lipinski definition) is 3. The summed E-state index contributed by atoms with van der Waals surface area (Å²) < 4.78 is 1.77. The number of anilines is 1. The highest BCUT2D eigenvalue weighted by Crippen LogP contribution is 2.28. The number of nitrogens with one attached hydrogen (secondary N) is 1. The lowest BCUT2D eigenvalue weighted by Gasteiger charge is -2.10. The van der Waals surface area contributed by atoms with Crippen molar-refractivity contribution >= 4 is 17.1 Å². The molecule has 2 aromatic heterocycles. The summed E-state index contributed by atoms with van der Waals surface area (Å²) in [7, 11) is 0. The molecule has 5 nitrogen and oxygen atoms in total. The van der Waals surface area contributed by atoms with E-state index in [1.165, 1.54) is 6.20 Å². The van der Waals surface area contributed by atoms with E-state index in [0.29, 0.717) is 5.56 Å². The van der Waals surface area contributed by atoms with Gasteiger partial charge in [-0.25, -0.2) is 4.52 Å². The number of carbonyl (C=O) groups excluding carboxylic acids is 1. The van der Waals surface area contributed by atoms with Crippen LogP contribution in [-0.4, -0.2) is 22.1 Å². The second kappa shape index (κ2) is 10.9. The zero-order chi connectivity index (χ0) is 19.5. The van der Waals surface area contributed by atoms with Crippen LogP contribution in [0.3, 0.4) is 0 Å². The number of amides is 1. The van der Waals surface area contributed by atoms with Crippen molar-refractivity contribution in [1.29, 1.82) is 0 Å². The molecule has 0 unspecified atom stereocenters. The van der Waals surface area contributed by atoms with E-state index in [0.717, 1.165) is 35.3 Å².